The molecule has 0 N–H and O–H groups in total. The van der Waals surface area contributed by atoms with Crippen LogP contribution in [0.3, 0.4) is 0 Å². The number of nitrogens with zero attached hydrogens (tertiary/aromatic N) is 5. The molecule has 0 aliphatic rings. The number of rotatable bonds is 4. The van der Waals surface area contributed by atoms with E-state index in [1.54, 1.807) is 29.3 Å². The van der Waals surface area contributed by atoms with Crippen LogP contribution in [0.2, 0.25) is 0 Å². The van der Waals surface area contributed by atoms with E-state index in [-0.39, 0.29) is 5.82 Å². The molecule has 0 unspecified atom stereocenters. The van der Waals surface area contributed by atoms with Crippen LogP contribution in [0, 0.1) is 6.92 Å². The van der Waals surface area contributed by atoms with Crippen molar-refractivity contribution in [2.45, 2.75) is 20.4 Å². The van der Waals surface area contributed by atoms with E-state index < -0.39 is 5.97 Å². The van der Waals surface area contributed by atoms with Crippen molar-refractivity contribution in [3.63, 3.8) is 0 Å². The van der Waals surface area contributed by atoms with Crippen molar-refractivity contribution in [3.8, 4) is 0 Å². The van der Waals surface area contributed by atoms with Gasteiger partial charge < -0.3 is 4.74 Å². The van der Waals surface area contributed by atoms with E-state index in [4.69, 9.17) is 4.74 Å². The predicted molar refractivity (Wildman–Crippen MR) is 63.0 cm³/mol. The molecule has 7 heteroatoms. The first kappa shape index (κ1) is 12.3. The van der Waals surface area contributed by atoms with Crippen LogP contribution in [0.5, 0.6) is 0 Å². The van der Waals surface area contributed by atoms with Crippen LogP contribution in [0.4, 0.5) is 0 Å². The zero-order valence-electron chi connectivity index (χ0n) is 10.6. The van der Waals surface area contributed by atoms with Crippen molar-refractivity contribution >= 4 is 5.97 Å². The molecule has 2 aromatic rings. The van der Waals surface area contributed by atoms with Gasteiger partial charge in [-0.05, 0) is 19.9 Å². The van der Waals surface area contributed by atoms with Gasteiger partial charge >= 0.3 is 5.97 Å². The quantitative estimate of drug-likeness (QED) is 0.739. The highest BCUT2D eigenvalue weighted by Gasteiger charge is 2.18. The second-order valence-corrected chi connectivity index (χ2v) is 3.82. The minimum atomic E-state index is -0.458. The van der Waals surface area contributed by atoms with E-state index >= 15 is 0 Å². The lowest BCUT2D eigenvalue weighted by Gasteiger charge is -2.08. The van der Waals surface area contributed by atoms with Crippen LogP contribution in [0.1, 0.15) is 29.1 Å². The monoisotopic (exact) mass is 249 g/mol. The van der Waals surface area contributed by atoms with Crippen LogP contribution < -0.4 is 0 Å². The van der Waals surface area contributed by atoms with Crippen molar-refractivity contribution in [2.24, 2.45) is 7.05 Å². The fourth-order valence-corrected chi connectivity index (χ4v) is 1.64. The number of aromatic nitrogens is 5. The lowest BCUT2D eigenvalue weighted by Crippen LogP contribution is -2.16. The van der Waals surface area contributed by atoms with E-state index in [9.17, 15) is 4.79 Å². The molecule has 96 valence electrons. The van der Waals surface area contributed by atoms with Crippen LogP contribution in [-0.2, 0) is 18.3 Å². The second-order valence-electron chi connectivity index (χ2n) is 3.82. The van der Waals surface area contributed by atoms with Gasteiger partial charge in [-0.25, -0.2) is 4.79 Å². The molecule has 0 saturated carbocycles. The Bertz CT molecular complexity index is 558. The van der Waals surface area contributed by atoms with Crippen molar-refractivity contribution in [3.05, 3.63) is 29.6 Å². The summed E-state index contributed by atoms with van der Waals surface area (Å²) in [6, 6.07) is 1.88. The third-order valence-electron chi connectivity index (χ3n) is 2.64. The SMILES string of the molecule is CCOC(=O)c1nnc(C)n1Cc1ccnn1C. The van der Waals surface area contributed by atoms with E-state index in [0.29, 0.717) is 19.0 Å². The summed E-state index contributed by atoms with van der Waals surface area (Å²) >= 11 is 0. The Kier molecular flexibility index (Phi) is 3.40. The first-order valence-corrected chi connectivity index (χ1v) is 5.67. The van der Waals surface area contributed by atoms with Gasteiger partial charge in [-0.3, -0.25) is 9.25 Å². The molecule has 0 fully saturated rings. The smallest absolute Gasteiger partial charge is 0.376 e. The summed E-state index contributed by atoms with van der Waals surface area (Å²) in [5.74, 6) is 0.426. The molecule has 0 atom stereocenters. The molecule has 0 aliphatic heterocycles. The highest BCUT2D eigenvalue weighted by Crippen LogP contribution is 2.08. The highest BCUT2D eigenvalue weighted by atomic mass is 16.5. The van der Waals surface area contributed by atoms with Gasteiger partial charge in [0.25, 0.3) is 0 Å². The van der Waals surface area contributed by atoms with E-state index in [1.807, 2.05) is 13.1 Å². The zero-order valence-corrected chi connectivity index (χ0v) is 10.6. The van der Waals surface area contributed by atoms with Gasteiger partial charge in [0, 0.05) is 13.2 Å². The number of carbonyl (C=O) groups is 1. The van der Waals surface area contributed by atoms with Crippen molar-refractivity contribution < 1.29 is 9.53 Å². The summed E-state index contributed by atoms with van der Waals surface area (Å²) < 4.78 is 8.41. The highest BCUT2D eigenvalue weighted by molar-refractivity contribution is 5.85. The number of ether oxygens (including phenoxy) is 1. The first-order chi connectivity index (χ1) is 8.63. The molecule has 2 heterocycles. The second kappa shape index (κ2) is 4.99. The van der Waals surface area contributed by atoms with E-state index in [0.717, 1.165) is 5.69 Å². The molecule has 2 aromatic heterocycles. The van der Waals surface area contributed by atoms with E-state index in [1.165, 1.54) is 0 Å². The van der Waals surface area contributed by atoms with Crippen molar-refractivity contribution in [1.82, 2.24) is 24.5 Å². The summed E-state index contributed by atoms with van der Waals surface area (Å²) in [6.45, 7) is 4.36. The van der Waals surface area contributed by atoms with Gasteiger partial charge in [0.05, 0.1) is 18.8 Å². The van der Waals surface area contributed by atoms with Crippen LogP contribution in [0.25, 0.3) is 0 Å². The van der Waals surface area contributed by atoms with Gasteiger partial charge in [-0.2, -0.15) is 5.10 Å². The number of hydrogen-bond acceptors (Lipinski definition) is 5. The van der Waals surface area contributed by atoms with Gasteiger partial charge in [-0.1, -0.05) is 0 Å². The fraction of sp³-hybridized carbons (Fsp3) is 0.455. The molecular formula is C11H15N5O2. The van der Waals surface area contributed by atoms with Crippen LogP contribution in [-0.4, -0.2) is 37.1 Å². The lowest BCUT2D eigenvalue weighted by atomic mass is 10.4. The Balaban J connectivity index is 2.30. The number of hydrogen-bond donors (Lipinski definition) is 0. The third-order valence-corrected chi connectivity index (χ3v) is 2.64. The molecule has 0 spiro atoms. The summed E-state index contributed by atoms with van der Waals surface area (Å²) in [5.41, 5.74) is 0.962. The maximum Gasteiger partial charge on any atom is 0.376 e. The summed E-state index contributed by atoms with van der Waals surface area (Å²) in [6.07, 6.45) is 1.71. The summed E-state index contributed by atoms with van der Waals surface area (Å²) in [7, 11) is 1.85. The molecule has 0 amide bonds. The van der Waals surface area contributed by atoms with E-state index in [2.05, 4.69) is 15.3 Å². The average Bonchev–Trinajstić information content (AvgIpc) is 2.89. The van der Waals surface area contributed by atoms with Gasteiger partial charge in [0.15, 0.2) is 0 Å². The zero-order chi connectivity index (χ0) is 13.1. The summed E-state index contributed by atoms with van der Waals surface area (Å²) in [4.78, 5) is 11.7. The van der Waals surface area contributed by atoms with Gasteiger partial charge in [0.1, 0.15) is 5.82 Å². The Morgan fingerprint density at radius 1 is 1.44 bits per heavy atom. The maximum absolute atomic E-state index is 11.7. The number of esters is 1. The molecule has 2 rings (SSSR count). The fourth-order valence-electron chi connectivity index (χ4n) is 1.64. The number of carbonyl (C=O) groups excluding carboxylic acids is 1. The molecule has 0 aromatic carbocycles. The molecular weight excluding hydrogens is 234 g/mol. The molecule has 0 radical (unpaired) electrons. The Labute approximate surface area is 104 Å². The molecule has 0 bridgehead atoms. The van der Waals surface area contributed by atoms with Gasteiger partial charge in [-0.15, -0.1) is 10.2 Å². The maximum atomic E-state index is 11.7. The Morgan fingerprint density at radius 3 is 2.83 bits per heavy atom. The normalized spacial score (nSPS) is 10.6. The molecule has 18 heavy (non-hydrogen) atoms. The van der Waals surface area contributed by atoms with Crippen LogP contribution in [0.15, 0.2) is 12.3 Å². The first-order valence-electron chi connectivity index (χ1n) is 5.67. The lowest BCUT2D eigenvalue weighted by molar-refractivity contribution is 0.0506. The Morgan fingerprint density at radius 2 is 2.22 bits per heavy atom. The Hall–Kier alpha value is -2.18. The van der Waals surface area contributed by atoms with Gasteiger partial charge in [0.2, 0.25) is 5.82 Å². The minimum absolute atomic E-state index is 0.218. The summed E-state index contributed by atoms with van der Waals surface area (Å²) in [5, 5.41) is 11.8. The van der Waals surface area contributed by atoms with Crippen LogP contribution >= 0.6 is 0 Å². The molecule has 7 nitrogen and oxygen atoms in total. The standard InChI is InChI=1S/C11H15N5O2/c1-4-18-11(17)10-14-13-8(2)16(10)7-9-5-6-12-15(9)3/h5-6H,4,7H2,1-3H3. The third kappa shape index (κ3) is 2.24. The topological polar surface area (TPSA) is 74.8 Å². The predicted octanol–water partition coefficient (Wildman–Crippen LogP) is 0.545. The minimum Gasteiger partial charge on any atom is -0.460 e. The number of aryl methyl sites for hydroxylation is 2. The van der Waals surface area contributed by atoms with Crippen molar-refractivity contribution in [1.29, 1.82) is 0 Å². The molecule has 0 saturated heterocycles. The molecule has 0 aliphatic carbocycles. The largest absolute Gasteiger partial charge is 0.460 e. The average molecular weight is 249 g/mol. The van der Waals surface area contributed by atoms with Crippen molar-refractivity contribution in [2.75, 3.05) is 6.61 Å².